The highest BCUT2D eigenvalue weighted by Gasteiger charge is 2.31. The molecule has 0 fully saturated rings. The molecule has 1 aromatic rings. The van der Waals surface area contributed by atoms with E-state index in [0.717, 1.165) is 0 Å². The minimum atomic E-state index is -3.44. The maximum absolute atomic E-state index is 12.1. The highest BCUT2D eigenvalue weighted by Crippen LogP contribution is 2.36. The van der Waals surface area contributed by atoms with Crippen molar-refractivity contribution < 1.29 is 13.2 Å². The minimum absolute atomic E-state index is 0.104. The number of nitrogen functional groups attached to an aromatic ring is 1. The molecule has 0 bridgehead atoms. The number of ether oxygens (including phenoxy) is 1. The average molecular weight is 239 g/mol. The van der Waals surface area contributed by atoms with Gasteiger partial charge in [0, 0.05) is 6.61 Å². The molecule has 0 amide bonds. The minimum Gasteiger partial charge on any atom is -0.398 e. The van der Waals surface area contributed by atoms with Gasteiger partial charge in [0.2, 0.25) is 9.84 Å². The number of anilines is 1. The van der Waals surface area contributed by atoms with Gasteiger partial charge in [0.15, 0.2) is 0 Å². The molecule has 0 aromatic heterocycles. The van der Waals surface area contributed by atoms with Gasteiger partial charge in [0.25, 0.3) is 0 Å². The third-order valence-electron chi connectivity index (χ3n) is 2.45. The van der Waals surface area contributed by atoms with Gasteiger partial charge in [-0.25, -0.2) is 8.42 Å². The largest absolute Gasteiger partial charge is 0.398 e. The third kappa shape index (κ3) is 1.62. The molecule has 1 aliphatic heterocycles. The first-order valence-corrected chi connectivity index (χ1v) is 6.47. The van der Waals surface area contributed by atoms with E-state index in [9.17, 15) is 8.42 Å². The Hall–Kier alpha value is -1.33. The summed E-state index contributed by atoms with van der Waals surface area (Å²) in [6, 6.07) is 5.07. The highest BCUT2D eigenvalue weighted by atomic mass is 32.2. The first-order chi connectivity index (χ1) is 7.57. The first kappa shape index (κ1) is 11.2. The van der Waals surface area contributed by atoms with E-state index in [-0.39, 0.29) is 16.4 Å². The normalized spacial score (nSPS) is 16.9. The van der Waals surface area contributed by atoms with Gasteiger partial charge in [-0.2, -0.15) is 0 Å². The van der Waals surface area contributed by atoms with Gasteiger partial charge in [-0.1, -0.05) is 12.1 Å². The van der Waals surface area contributed by atoms with Gasteiger partial charge in [-0.3, -0.25) is 0 Å². The van der Waals surface area contributed by atoms with E-state index < -0.39 is 9.84 Å². The molecule has 0 spiro atoms. The SMILES string of the molecule is CCOCC1=Cc2cccc(N)c2S1(=O)=O. The summed E-state index contributed by atoms with van der Waals surface area (Å²) in [6.07, 6.45) is 1.62. The number of sulfone groups is 1. The van der Waals surface area contributed by atoms with Crippen LogP contribution in [0.15, 0.2) is 28.0 Å². The number of rotatable bonds is 3. The van der Waals surface area contributed by atoms with Crippen molar-refractivity contribution in [3.05, 3.63) is 28.7 Å². The van der Waals surface area contributed by atoms with E-state index in [0.29, 0.717) is 17.9 Å². The van der Waals surface area contributed by atoms with Crippen LogP contribution in [-0.2, 0) is 14.6 Å². The number of hydrogen-bond donors (Lipinski definition) is 1. The Labute approximate surface area is 94.6 Å². The Balaban J connectivity index is 2.48. The van der Waals surface area contributed by atoms with Crippen LogP contribution in [0.2, 0.25) is 0 Å². The lowest BCUT2D eigenvalue weighted by molar-refractivity contribution is 0.175. The lowest BCUT2D eigenvalue weighted by Gasteiger charge is -2.05. The topological polar surface area (TPSA) is 69.4 Å². The molecule has 0 atom stereocenters. The fraction of sp³-hybridized carbons (Fsp3) is 0.273. The second-order valence-corrected chi connectivity index (χ2v) is 5.46. The predicted molar refractivity (Wildman–Crippen MR) is 62.5 cm³/mol. The van der Waals surface area contributed by atoms with E-state index in [1.165, 1.54) is 0 Å². The second-order valence-electron chi connectivity index (χ2n) is 3.52. The first-order valence-electron chi connectivity index (χ1n) is 4.99. The fourth-order valence-electron chi connectivity index (χ4n) is 1.70. The lowest BCUT2D eigenvalue weighted by atomic mass is 10.2. The molecule has 0 saturated carbocycles. The van der Waals surface area contributed by atoms with Crippen molar-refractivity contribution >= 4 is 21.6 Å². The summed E-state index contributed by atoms with van der Waals surface area (Å²) in [6.45, 7) is 2.41. The van der Waals surface area contributed by atoms with Crippen molar-refractivity contribution in [3.8, 4) is 0 Å². The summed E-state index contributed by atoms with van der Waals surface area (Å²) in [4.78, 5) is 0.493. The van der Waals surface area contributed by atoms with E-state index >= 15 is 0 Å². The third-order valence-corrected chi connectivity index (χ3v) is 4.39. The summed E-state index contributed by atoms with van der Waals surface area (Å²) in [5.41, 5.74) is 6.62. The molecule has 4 nitrogen and oxygen atoms in total. The van der Waals surface area contributed by atoms with Crippen LogP contribution in [0.5, 0.6) is 0 Å². The Kier molecular flexibility index (Phi) is 2.73. The molecule has 0 aliphatic carbocycles. The number of hydrogen-bond acceptors (Lipinski definition) is 4. The monoisotopic (exact) mass is 239 g/mol. The van der Waals surface area contributed by atoms with Crippen LogP contribution in [0.4, 0.5) is 5.69 Å². The van der Waals surface area contributed by atoms with Crippen LogP contribution in [0.25, 0.3) is 6.08 Å². The summed E-state index contributed by atoms with van der Waals surface area (Å²) < 4.78 is 29.3. The molecule has 1 heterocycles. The van der Waals surface area contributed by atoms with Crippen LogP contribution in [0, 0.1) is 0 Å². The van der Waals surface area contributed by atoms with Crippen LogP contribution >= 0.6 is 0 Å². The van der Waals surface area contributed by atoms with E-state index in [1.54, 1.807) is 24.3 Å². The quantitative estimate of drug-likeness (QED) is 0.810. The zero-order valence-electron chi connectivity index (χ0n) is 8.93. The predicted octanol–water partition coefficient (Wildman–Crippen LogP) is 1.43. The average Bonchev–Trinajstić information content (AvgIpc) is 2.48. The second kappa shape index (κ2) is 3.92. The Bertz CT molecular complexity index is 546. The highest BCUT2D eigenvalue weighted by molar-refractivity contribution is 7.96. The molecule has 2 rings (SSSR count). The molecule has 0 unspecified atom stereocenters. The molecule has 1 aromatic carbocycles. The Morgan fingerprint density at radius 3 is 2.75 bits per heavy atom. The van der Waals surface area contributed by atoms with Crippen LogP contribution < -0.4 is 5.73 Å². The van der Waals surface area contributed by atoms with Gasteiger partial charge >= 0.3 is 0 Å². The molecule has 2 N–H and O–H groups in total. The number of fused-ring (bicyclic) bond motifs is 1. The van der Waals surface area contributed by atoms with Crippen molar-refractivity contribution in [2.45, 2.75) is 11.8 Å². The van der Waals surface area contributed by atoms with Gasteiger partial charge in [-0.15, -0.1) is 0 Å². The van der Waals surface area contributed by atoms with Gasteiger partial charge in [-0.05, 0) is 24.6 Å². The summed E-state index contributed by atoms with van der Waals surface area (Å²) in [5, 5.41) is 0. The van der Waals surface area contributed by atoms with Crippen molar-refractivity contribution in [2.24, 2.45) is 0 Å². The standard InChI is InChI=1S/C11H13NO3S/c1-2-15-7-9-6-8-4-3-5-10(12)11(8)16(9,13)14/h3-6H,2,7,12H2,1H3. The fourth-order valence-corrected chi connectivity index (χ4v) is 3.30. The van der Waals surface area contributed by atoms with Crippen LogP contribution in [-0.4, -0.2) is 21.6 Å². The van der Waals surface area contributed by atoms with Crippen molar-refractivity contribution in [1.29, 1.82) is 0 Å². The van der Waals surface area contributed by atoms with Crippen molar-refractivity contribution in [1.82, 2.24) is 0 Å². The Morgan fingerprint density at radius 2 is 2.12 bits per heavy atom. The van der Waals surface area contributed by atoms with Crippen LogP contribution in [0.1, 0.15) is 12.5 Å². The maximum Gasteiger partial charge on any atom is 0.207 e. The summed E-state index contributed by atoms with van der Waals surface area (Å²) in [7, 11) is -3.44. The molecular formula is C11H13NO3S. The lowest BCUT2D eigenvalue weighted by Crippen LogP contribution is -2.08. The smallest absolute Gasteiger partial charge is 0.207 e. The van der Waals surface area contributed by atoms with E-state index in [4.69, 9.17) is 10.5 Å². The van der Waals surface area contributed by atoms with E-state index in [1.807, 2.05) is 6.92 Å². The molecule has 86 valence electrons. The maximum atomic E-state index is 12.1. The van der Waals surface area contributed by atoms with Gasteiger partial charge < -0.3 is 10.5 Å². The molecular weight excluding hydrogens is 226 g/mol. The van der Waals surface area contributed by atoms with Crippen molar-refractivity contribution in [3.63, 3.8) is 0 Å². The van der Waals surface area contributed by atoms with Crippen molar-refractivity contribution in [2.75, 3.05) is 18.9 Å². The summed E-state index contributed by atoms with van der Waals surface area (Å²) in [5.74, 6) is 0. The summed E-state index contributed by atoms with van der Waals surface area (Å²) >= 11 is 0. The molecule has 1 aliphatic rings. The molecule has 0 saturated heterocycles. The van der Waals surface area contributed by atoms with Gasteiger partial charge in [0.05, 0.1) is 17.2 Å². The zero-order valence-corrected chi connectivity index (χ0v) is 9.75. The number of nitrogens with two attached hydrogens (primary N) is 1. The Morgan fingerprint density at radius 1 is 1.38 bits per heavy atom. The van der Waals surface area contributed by atoms with E-state index in [2.05, 4.69) is 0 Å². The van der Waals surface area contributed by atoms with Gasteiger partial charge in [0.1, 0.15) is 4.90 Å². The van der Waals surface area contributed by atoms with Crippen LogP contribution in [0.3, 0.4) is 0 Å². The zero-order chi connectivity index (χ0) is 11.8. The molecule has 16 heavy (non-hydrogen) atoms. The number of benzene rings is 1. The molecule has 0 radical (unpaired) electrons. The molecule has 5 heteroatoms.